The smallest absolute Gasteiger partial charge is 0.223 e. The van der Waals surface area contributed by atoms with Gasteiger partial charge in [0.1, 0.15) is 17.3 Å². The molecule has 4 nitrogen and oxygen atoms in total. The van der Waals surface area contributed by atoms with Gasteiger partial charge in [-0.3, -0.25) is 9.78 Å². The van der Waals surface area contributed by atoms with Gasteiger partial charge in [0.05, 0.1) is 17.3 Å². The van der Waals surface area contributed by atoms with Gasteiger partial charge in [-0.25, -0.2) is 4.39 Å². The SMILES string of the molecule is CN(C(=O)CCc1ccc(-c2ccccc2F)o1)C(c1ccccc1)c1ccccn1. The lowest BCUT2D eigenvalue weighted by Gasteiger charge is -2.28. The molecule has 2 aromatic heterocycles. The number of carbonyl (C=O) groups is 1. The molecule has 2 heterocycles. The minimum atomic E-state index is -0.333. The Morgan fingerprint density at radius 2 is 1.71 bits per heavy atom. The number of rotatable bonds is 7. The van der Waals surface area contributed by atoms with E-state index >= 15 is 0 Å². The molecule has 4 aromatic rings. The van der Waals surface area contributed by atoms with Crippen molar-refractivity contribution in [1.82, 2.24) is 9.88 Å². The lowest BCUT2D eigenvalue weighted by Crippen LogP contribution is -2.32. The Hall–Kier alpha value is -3.73. The Balaban J connectivity index is 1.48. The summed E-state index contributed by atoms with van der Waals surface area (Å²) in [5.74, 6) is 0.752. The largest absolute Gasteiger partial charge is 0.461 e. The van der Waals surface area contributed by atoms with Crippen LogP contribution in [0.15, 0.2) is 95.5 Å². The second-order valence-corrected chi connectivity index (χ2v) is 7.32. The first-order chi connectivity index (χ1) is 15.1. The van der Waals surface area contributed by atoms with Gasteiger partial charge in [0.25, 0.3) is 0 Å². The molecule has 1 unspecified atom stereocenters. The summed E-state index contributed by atoms with van der Waals surface area (Å²) in [6.07, 6.45) is 2.44. The number of carbonyl (C=O) groups excluding carboxylic acids is 1. The first-order valence-electron chi connectivity index (χ1n) is 10.2. The lowest BCUT2D eigenvalue weighted by molar-refractivity contribution is -0.131. The van der Waals surface area contributed by atoms with Gasteiger partial charge in [0, 0.05) is 26.1 Å². The molecule has 0 aliphatic carbocycles. The van der Waals surface area contributed by atoms with E-state index in [4.69, 9.17) is 4.42 Å². The van der Waals surface area contributed by atoms with E-state index in [-0.39, 0.29) is 24.2 Å². The predicted octanol–water partition coefficient (Wildman–Crippen LogP) is 5.66. The number of hydrogen-bond acceptors (Lipinski definition) is 3. The van der Waals surface area contributed by atoms with Crippen molar-refractivity contribution in [3.8, 4) is 11.3 Å². The zero-order valence-corrected chi connectivity index (χ0v) is 17.2. The van der Waals surface area contributed by atoms with E-state index in [1.54, 1.807) is 48.5 Å². The quantitative estimate of drug-likeness (QED) is 0.392. The van der Waals surface area contributed by atoms with Crippen LogP contribution >= 0.6 is 0 Å². The number of pyridine rings is 1. The van der Waals surface area contributed by atoms with Crippen molar-refractivity contribution in [3.63, 3.8) is 0 Å². The van der Waals surface area contributed by atoms with Crippen molar-refractivity contribution >= 4 is 5.91 Å². The maximum atomic E-state index is 14.0. The maximum Gasteiger partial charge on any atom is 0.223 e. The fourth-order valence-corrected chi connectivity index (χ4v) is 3.63. The normalized spacial score (nSPS) is 11.8. The van der Waals surface area contributed by atoms with E-state index in [1.165, 1.54) is 6.07 Å². The van der Waals surface area contributed by atoms with Crippen LogP contribution in [0.25, 0.3) is 11.3 Å². The molecule has 0 radical (unpaired) electrons. The summed E-state index contributed by atoms with van der Waals surface area (Å²) in [6, 6.07) is 25.3. The van der Waals surface area contributed by atoms with Gasteiger partial charge in [-0.2, -0.15) is 0 Å². The van der Waals surface area contributed by atoms with Gasteiger partial charge < -0.3 is 9.32 Å². The molecule has 0 spiro atoms. The second kappa shape index (κ2) is 9.39. The van der Waals surface area contributed by atoms with E-state index in [9.17, 15) is 9.18 Å². The van der Waals surface area contributed by atoms with Gasteiger partial charge in [-0.1, -0.05) is 48.5 Å². The molecule has 0 saturated carbocycles. The van der Waals surface area contributed by atoms with Crippen molar-refractivity contribution in [2.24, 2.45) is 0 Å². The number of halogens is 1. The van der Waals surface area contributed by atoms with E-state index in [0.717, 1.165) is 11.3 Å². The van der Waals surface area contributed by atoms with Crippen molar-refractivity contribution in [2.75, 3.05) is 7.05 Å². The molecule has 4 rings (SSSR count). The molecular weight excluding hydrogens is 391 g/mol. The summed E-state index contributed by atoms with van der Waals surface area (Å²) in [7, 11) is 1.79. The summed E-state index contributed by atoms with van der Waals surface area (Å²) < 4.78 is 19.8. The molecule has 31 heavy (non-hydrogen) atoms. The summed E-state index contributed by atoms with van der Waals surface area (Å²) in [5.41, 5.74) is 2.22. The summed E-state index contributed by atoms with van der Waals surface area (Å²) in [4.78, 5) is 19.2. The van der Waals surface area contributed by atoms with Gasteiger partial charge in [-0.15, -0.1) is 0 Å². The number of furan rings is 1. The molecule has 0 aliphatic heterocycles. The third-order valence-electron chi connectivity index (χ3n) is 5.25. The second-order valence-electron chi connectivity index (χ2n) is 7.32. The van der Waals surface area contributed by atoms with Crippen molar-refractivity contribution in [3.05, 3.63) is 114 Å². The highest BCUT2D eigenvalue weighted by molar-refractivity contribution is 5.77. The zero-order valence-electron chi connectivity index (χ0n) is 17.2. The van der Waals surface area contributed by atoms with Gasteiger partial charge in [0.2, 0.25) is 5.91 Å². The number of aryl methyl sites for hydroxylation is 1. The topological polar surface area (TPSA) is 46.3 Å². The van der Waals surface area contributed by atoms with Crippen LogP contribution in [0.5, 0.6) is 0 Å². The summed E-state index contributed by atoms with van der Waals surface area (Å²) in [6.45, 7) is 0. The minimum absolute atomic E-state index is 0.0247. The maximum absolute atomic E-state index is 14.0. The minimum Gasteiger partial charge on any atom is -0.461 e. The van der Waals surface area contributed by atoms with E-state index in [0.29, 0.717) is 23.5 Å². The third kappa shape index (κ3) is 4.72. The number of benzene rings is 2. The van der Waals surface area contributed by atoms with Crippen LogP contribution in [0.4, 0.5) is 4.39 Å². The first kappa shape index (κ1) is 20.5. The Kier molecular flexibility index (Phi) is 6.22. The number of amides is 1. The average Bonchev–Trinajstić information content (AvgIpc) is 3.28. The van der Waals surface area contributed by atoms with Crippen LogP contribution in [0.2, 0.25) is 0 Å². The molecule has 156 valence electrons. The molecule has 0 bridgehead atoms. The summed E-state index contributed by atoms with van der Waals surface area (Å²) in [5, 5.41) is 0. The number of hydrogen-bond donors (Lipinski definition) is 0. The molecule has 5 heteroatoms. The van der Waals surface area contributed by atoms with Crippen LogP contribution < -0.4 is 0 Å². The van der Waals surface area contributed by atoms with E-state index < -0.39 is 0 Å². The average molecular weight is 414 g/mol. The van der Waals surface area contributed by atoms with E-state index in [1.807, 2.05) is 48.5 Å². The van der Waals surface area contributed by atoms with Crippen LogP contribution in [-0.4, -0.2) is 22.8 Å². The molecule has 0 saturated heterocycles. The molecule has 2 aromatic carbocycles. The highest BCUT2D eigenvalue weighted by atomic mass is 19.1. The van der Waals surface area contributed by atoms with Crippen molar-refractivity contribution < 1.29 is 13.6 Å². The standard InChI is InChI=1S/C26H23FN2O2/c1-29(26(19-9-3-2-4-10-19)23-13-7-8-18-28-23)25(30)17-15-20-14-16-24(31-20)21-11-5-6-12-22(21)27/h2-14,16,18,26H,15,17H2,1H3. The van der Waals surface area contributed by atoms with Crippen LogP contribution in [0.1, 0.15) is 29.5 Å². The Bertz CT molecular complexity index is 1100. The summed E-state index contributed by atoms with van der Waals surface area (Å²) >= 11 is 0. The molecular formula is C26H23FN2O2. The molecule has 1 amide bonds. The Morgan fingerprint density at radius 3 is 2.45 bits per heavy atom. The lowest BCUT2D eigenvalue weighted by atomic mass is 10.0. The number of aromatic nitrogens is 1. The Morgan fingerprint density at radius 1 is 0.968 bits per heavy atom. The fourth-order valence-electron chi connectivity index (χ4n) is 3.63. The van der Waals surface area contributed by atoms with Crippen LogP contribution in [0, 0.1) is 5.82 Å². The molecule has 1 atom stereocenters. The van der Waals surface area contributed by atoms with Crippen LogP contribution in [0.3, 0.4) is 0 Å². The fraction of sp³-hybridized carbons (Fsp3) is 0.154. The zero-order chi connectivity index (χ0) is 21.6. The molecule has 0 fully saturated rings. The van der Waals surface area contributed by atoms with Gasteiger partial charge in [-0.05, 0) is 42.0 Å². The third-order valence-corrected chi connectivity index (χ3v) is 5.25. The van der Waals surface area contributed by atoms with Gasteiger partial charge >= 0.3 is 0 Å². The van der Waals surface area contributed by atoms with E-state index in [2.05, 4.69) is 4.98 Å². The van der Waals surface area contributed by atoms with Crippen LogP contribution in [-0.2, 0) is 11.2 Å². The molecule has 0 N–H and O–H groups in total. The monoisotopic (exact) mass is 414 g/mol. The van der Waals surface area contributed by atoms with Gasteiger partial charge in [0.15, 0.2) is 0 Å². The van der Waals surface area contributed by atoms with Crippen molar-refractivity contribution in [1.29, 1.82) is 0 Å². The highest BCUT2D eigenvalue weighted by Gasteiger charge is 2.24. The highest BCUT2D eigenvalue weighted by Crippen LogP contribution is 2.28. The number of nitrogens with zero attached hydrogens (tertiary/aromatic N) is 2. The Labute approximate surface area is 181 Å². The van der Waals surface area contributed by atoms with Crippen molar-refractivity contribution in [2.45, 2.75) is 18.9 Å². The first-order valence-corrected chi connectivity index (χ1v) is 10.2. The predicted molar refractivity (Wildman–Crippen MR) is 118 cm³/mol. The molecule has 0 aliphatic rings.